The van der Waals surface area contributed by atoms with Crippen molar-refractivity contribution in [3.05, 3.63) is 64.2 Å². The third-order valence-electron chi connectivity index (χ3n) is 4.99. The number of nitrogens with one attached hydrogen (secondary N) is 2. The van der Waals surface area contributed by atoms with Crippen LogP contribution in [-0.4, -0.2) is 35.5 Å². The number of benzene rings is 2. The summed E-state index contributed by atoms with van der Waals surface area (Å²) in [4.78, 5) is 26.5. The van der Waals surface area contributed by atoms with E-state index in [0.29, 0.717) is 42.2 Å². The molecule has 2 heterocycles. The van der Waals surface area contributed by atoms with Crippen molar-refractivity contribution in [2.75, 3.05) is 18.4 Å². The average Bonchev–Trinajstić information content (AvgIpc) is 2.62. The first-order valence-corrected chi connectivity index (χ1v) is 8.89. The summed E-state index contributed by atoms with van der Waals surface area (Å²) in [7, 11) is 0. The molecule has 1 fully saturated rings. The third kappa shape index (κ3) is 3.23. The number of fused-ring (bicyclic) bond motifs is 1. The van der Waals surface area contributed by atoms with Gasteiger partial charge >= 0.3 is 0 Å². The molecule has 0 saturated carbocycles. The van der Waals surface area contributed by atoms with Gasteiger partial charge in [0.15, 0.2) is 0 Å². The molecule has 1 spiro atoms. The van der Waals surface area contributed by atoms with Gasteiger partial charge in [-0.2, -0.15) is 0 Å². The van der Waals surface area contributed by atoms with Gasteiger partial charge in [0.05, 0.1) is 16.3 Å². The maximum atomic E-state index is 13.4. The number of nitrogens with zero attached hydrogens (tertiary/aromatic N) is 1. The second-order valence-corrected chi connectivity index (χ2v) is 7.18. The molecular weight excluding hydrogens is 376 g/mol. The SMILES string of the molecule is O=C1NC2(CCN(C(=O)c3cc(F)cc(F)c3)CC2)Nc2c(Cl)cccc21. The second-order valence-electron chi connectivity index (χ2n) is 6.77. The highest BCUT2D eigenvalue weighted by molar-refractivity contribution is 6.34. The smallest absolute Gasteiger partial charge is 0.255 e. The lowest BCUT2D eigenvalue weighted by atomic mass is 9.92. The molecule has 0 bridgehead atoms. The number of hydrogen-bond acceptors (Lipinski definition) is 3. The number of anilines is 1. The lowest BCUT2D eigenvalue weighted by Crippen LogP contribution is -2.62. The summed E-state index contributed by atoms with van der Waals surface area (Å²) >= 11 is 6.22. The minimum atomic E-state index is -0.792. The van der Waals surface area contributed by atoms with Gasteiger partial charge in [-0.3, -0.25) is 9.59 Å². The van der Waals surface area contributed by atoms with Crippen molar-refractivity contribution >= 4 is 29.1 Å². The Balaban J connectivity index is 1.51. The number of rotatable bonds is 1. The predicted octanol–water partition coefficient (Wildman–Crippen LogP) is 3.41. The average molecular weight is 392 g/mol. The molecule has 0 aliphatic carbocycles. The Morgan fingerprint density at radius 2 is 1.74 bits per heavy atom. The fraction of sp³-hybridized carbons (Fsp3) is 0.263. The van der Waals surface area contributed by atoms with Crippen molar-refractivity contribution in [1.29, 1.82) is 0 Å². The summed E-state index contributed by atoms with van der Waals surface area (Å²) < 4.78 is 26.8. The summed E-state index contributed by atoms with van der Waals surface area (Å²) in [6.07, 6.45) is 0.875. The molecule has 4 rings (SSSR count). The van der Waals surface area contributed by atoms with Gasteiger partial charge in [0.25, 0.3) is 11.8 Å². The Labute approximate surface area is 159 Å². The van der Waals surface area contributed by atoms with Gasteiger partial charge < -0.3 is 15.5 Å². The van der Waals surface area contributed by atoms with E-state index < -0.39 is 23.2 Å². The van der Waals surface area contributed by atoms with E-state index >= 15 is 0 Å². The zero-order valence-corrected chi connectivity index (χ0v) is 14.9. The van der Waals surface area contributed by atoms with Crippen molar-refractivity contribution in [3.63, 3.8) is 0 Å². The first-order chi connectivity index (χ1) is 12.9. The highest BCUT2D eigenvalue weighted by Crippen LogP contribution is 2.35. The van der Waals surface area contributed by atoms with Crippen LogP contribution in [0.25, 0.3) is 0 Å². The van der Waals surface area contributed by atoms with Crippen molar-refractivity contribution < 1.29 is 18.4 Å². The summed E-state index contributed by atoms with van der Waals surface area (Å²) in [5.41, 5.74) is 0.313. The van der Waals surface area contributed by atoms with E-state index in [1.165, 1.54) is 4.90 Å². The first kappa shape index (κ1) is 17.7. The van der Waals surface area contributed by atoms with Crippen LogP contribution in [0.15, 0.2) is 36.4 Å². The lowest BCUT2D eigenvalue weighted by molar-refractivity contribution is 0.0638. The van der Waals surface area contributed by atoms with Crippen LogP contribution in [0.2, 0.25) is 5.02 Å². The Kier molecular flexibility index (Phi) is 4.26. The molecule has 2 amide bonds. The molecule has 2 aliphatic rings. The van der Waals surface area contributed by atoms with Crippen LogP contribution in [0.4, 0.5) is 14.5 Å². The van der Waals surface area contributed by atoms with E-state index in [1.807, 2.05) is 0 Å². The van der Waals surface area contributed by atoms with Gasteiger partial charge in [-0.25, -0.2) is 8.78 Å². The molecule has 8 heteroatoms. The quantitative estimate of drug-likeness (QED) is 0.783. The van der Waals surface area contributed by atoms with E-state index in [9.17, 15) is 18.4 Å². The predicted molar refractivity (Wildman–Crippen MR) is 96.8 cm³/mol. The number of hydrogen-bond donors (Lipinski definition) is 2. The molecule has 0 atom stereocenters. The minimum Gasteiger partial charge on any atom is -0.361 e. The maximum absolute atomic E-state index is 13.4. The summed E-state index contributed by atoms with van der Waals surface area (Å²) in [6, 6.07) is 7.87. The zero-order valence-electron chi connectivity index (χ0n) is 14.2. The normalized spacial score (nSPS) is 17.9. The molecule has 1 saturated heterocycles. The molecule has 0 unspecified atom stereocenters. The minimum absolute atomic E-state index is 0.0301. The van der Waals surface area contributed by atoms with Gasteiger partial charge in [0.2, 0.25) is 0 Å². The fourth-order valence-corrected chi connectivity index (χ4v) is 3.82. The molecular formula is C19H16ClF2N3O2. The first-order valence-electron chi connectivity index (χ1n) is 8.51. The van der Waals surface area contributed by atoms with E-state index in [-0.39, 0.29) is 11.5 Å². The number of carbonyl (C=O) groups is 2. The van der Waals surface area contributed by atoms with Gasteiger partial charge in [-0.05, 0) is 24.3 Å². The van der Waals surface area contributed by atoms with Gasteiger partial charge in [-0.1, -0.05) is 17.7 Å². The summed E-state index contributed by atoms with van der Waals surface area (Å²) in [5.74, 6) is -2.25. The molecule has 2 aromatic carbocycles. The molecule has 5 nitrogen and oxygen atoms in total. The van der Waals surface area contributed by atoms with Crippen LogP contribution in [0.5, 0.6) is 0 Å². The molecule has 27 heavy (non-hydrogen) atoms. The van der Waals surface area contributed by atoms with Gasteiger partial charge in [0.1, 0.15) is 17.3 Å². The monoisotopic (exact) mass is 391 g/mol. The van der Waals surface area contributed by atoms with E-state index in [4.69, 9.17) is 11.6 Å². The van der Waals surface area contributed by atoms with E-state index in [2.05, 4.69) is 10.6 Å². The van der Waals surface area contributed by atoms with Crippen LogP contribution in [0.1, 0.15) is 33.6 Å². The Morgan fingerprint density at radius 1 is 1.07 bits per heavy atom. The molecule has 2 N–H and O–H groups in total. The number of halogens is 3. The van der Waals surface area contributed by atoms with Crippen LogP contribution >= 0.6 is 11.6 Å². The van der Waals surface area contributed by atoms with Crippen LogP contribution in [-0.2, 0) is 0 Å². The molecule has 0 aromatic heterocycles. The zero-order chi connectivity index (χ0) is 19.2. The van der Waals surface area contributed by atoms with Crippen molar-refractivity contribution in [2.24, 2.45) is 0 Å². The van der Waals surface area contributed by atoms with Gasteiger partial charge in [-0.15, -0.1) is 0 Å². The Morgan fingerprint density at radius 3 is 2.41 bits per heavy atom. The maximum Gasteiger partial charge on any atom is 0.255 e. The van der Waals surface area contributed by atoms with Crippen molar-refractivity contribution in [3.8, 4) is 0 Å². The number of carbonyl (C=O) groups excluding carboxylic acids is 2. The highest BCUT2D eigenvalue weighted by atomic mass is 35.5. The fourth-order valence-electron chi connectivity index (χ4n) is 3.60. The number of piperidine rings is 1. The highest BCUT2D eigenvalue weighted by Gasteiger charge is 2.41. The van der Waals surface area contributed by atoms with Crippen molar-refractivity contribution in [1.82, 2.24) is 10.2 Å². The summed E-state index contributed by atoms with van der Waals surface area (Å²) in [6.45, 7) is 0.647. The van der Waals surface area contributed by atoms with Crippen LogP contribution in [0.3, 0.4) is 0 Å². The Hall–Kier alpha value is -2.67. The van der Waals surface area contributed by atoms with Crippen molar-refractivity contribution in [2.45, 2.75) is 18.5 Å². The third-order valence-corrected chi connectivity index (χ3v) is 5.30. The van der Waals surface area contributed by atoms with Crippen LogP contribution in [0, 0.1) is 11.6 Å². The largest absolute Gasteiger partial charge is 0.361 e. The lowest BCUT2D eigenvalue weighted by Gasteiger charge is -2.46. The molecule has 140 valence electrons. The molecule has 0 radical (unpaired) electrons. The topological polar surface area (TPSA) is 61.4 Å². The van der Waals surface area contributed by atoms with E-state index in [0.717, 1.165) is 18.2 Å². The van der Waals surface area contributed by atoms with E-state index in [1.54, 1.807) is 18.2 Å². The standard InChI is InChI=1S/C19H16ClF2N3O2/c20-15-3-1-2-14-16(15)23-19(24-17(14)26)4-6-25(7-5-19)18(27)11-8-12(21)10-13(22)9-11/h1-3,8-10,23H,4-7H2,(H,24,26). The number of para-hydroxylation sites is 1. The Bertz CT molecular complexity index is 922. The summed E-state index contributed by atoms with van der Waals surface area (Å²) in [5, 5.41) is 6.73. The van der Waals surface area contributed by atoms with Gasteiger partial charge in [0, 0.05) is 37.6 Å². The van der Waals surface area contributed by atoms with Crippen LogP contribution < -0.4 is 10.6 Å². The number of amides is 2. The second kappa shape index (κ2) is 6.49. The molecule has 2 aliphatic heterocycles. The molecule has 2 aromatic rings. The number of likely N-dealkylation sites (tertiary alicyclic amines) is 1.